The Morgan fingerprint density at radius 2 is 2.00 bits per heavy atom. The summed E-state index contributed by atoms with van der Waals surface area (Å²) in [7, 11) is 0. The highest BCUT2D eigenvalue weighted by Crippen LogP contribution is 2.17. The lowest BCUT2D eigenvalue weighted by Gasteiger charge is -2.40. The molecule has 1 aromatic carbocycles. The molecular formula is C15H21NO2. The van der Waals surface area contributed by atoms with E-state index in [1.54, 1.807) is 0 Å². The molecule has 1 aromatic rings. The van der Waals surface area contributed by atoms with Gasteiger partial charge in [-0.3, -0.25) is 9.69 Å². The highest BCUT2D eigenvalue weighted by molar-refractivity contribution is 5.99. The maximum Gasteiger partial charge on any atom is 0.179 e. The Kier molecular flexibility index (Phi) is 4.15. The van der Waals surface area contributed by atoms with Crippen molar-refractivity contribution in [3.05, 3.63) is 35.9 Å². The first-order chi connectivity index (χ1) is 8.59. The third-order valence-corrected chi connectivity index (χ3v) is 3.59. The van der Waals surface area contributed by atoms with E-state index in [0.29, 0.717) is 12.6 Å². The minimum atomic E-state index is -0.0891. The molecule has 0 spiro atoms. The molecule has 3 heteroatoms. The minimum absolute atomic E-state index is 0.0891. The topological polar surface area (TPSA) is 29.5 Å². The van der Waals surface area contributed by atoms with Gasteiger partial charge in [0.05, 0.1) is 18.8 Å². The van der Waals surface area contributed by atoms with E-state index >= 15 is 0 Å². The van der Waals surface area contributed by atoms with E-state index in [2.05, 4.69) is 18.7 Å². The van der Waals surface area contributed by atoms with E-state index in [1.165, 1.54) is 0 Å². The first-order valence-electron chi connectivity index (χ1n) is 6.56. The van der Waals surface area contributed by atoms with Crippen LogP contribution >= 0.6 is 0 Å². The second-order valence-corrected chi connectivity index (χ2v) is 5.10. The molecule has 1 saturated heterocycles. The molecule has 3 nitrogen and oxygen atoms in total. The summed E-state index contributed by atoms with van der Waals surface area (Å²) in [5, 5.41) is 0. The SMILES string of the molecule is CC1CN(C(C)C(=O)c2ccccc2)C(C)CO1. The fourth-order valence-electron chi connectivity index (χ4n) is 2.46. The Labute approximate surface area is 109 Å². The molecule has 0 amide bonds. The number of hydrogen-bond donors (Lipinski definition) is 0. The summed E-state index contributed by atoms with van der Waals surface area (Å²) < 4.78 is 5.60. The quantitative estimate of drug-likeness (QED) is 0.768. The molecule has 0 bridgehead atoms. The van der Waals surface area contributed by atoms with Gasteiger partial charge in [-0.1, -0.05) is 30.3 Å². The molecule has 0 aromatic heterocycles. The third-order valence-electron chi connectivity index (χ3n) is 3.59. The van der Waals surface area contributed by atoms with Gasteiger partial charge in [0.2, 0.25) is 0 Å². The average molecular weight is 247 g/mol. The van der Waals surface area contributed by atoms with Crippen molar-refractivity contribution in [2.24, 2.45) is 0 Å². The van der Waals surface area contributed by atoms with Crippen LogP contribution in [-0.2, 0) is 4.74 Å². The molecule has 0 N–H and O–H groups in total. The predicted molar refractivity (Wildman–Crippen MR) is 71.8 cm³/mol. The largest absolute Gasteiger partial charge is 0.376 e. The number of nitrogens with zero attached hydrogens (tertiary/aromatic N) is 1. The van der Waals surface area contributed by atoms with Gasteiger partial charge in [0, 0.05) is 18.2 Å². The number of Topliss-reactive ketones (excluding diaryl/α,β-unsaturated/α-hetero) is 1. The van der Waals surface area contributed by atoms with Crippen LogP contribution in [0.25, 0.3) is 0 Å². The zero-order valence-electron chi connectivity index (χ0n) is 11.3. The smallest absolute Gasteiger partial charge is 0.179 e. The summed E-state index contributed by atoms with van der Waals surface area (Å²) in [6, 6.07) is 9.72. The van der Waals surface area contributed by atoms with Crippen molar-refractivity contribution in [3.8, 4) is 0 Å². The Balaban J connectivity index is 2.10. The Morgan fingerprint density at radius 3 is 2.67 bits per heavy atom. The van der Waals surface area contributed by atoms with E-state index < -0.39 is 0 Å². The highest BCUT2D eigenvalue weighted by atomic mass is 16.5. The van der Waals surface area contributed by atoms with Crippen LogP contribution in [0.15, 0.2) is 30.3 Å². The number of rotatable bonds is 3. The summed E-state index contributed by atoms with van der Waals surface area (Å²) in [6.07, 6.45) is 0.201. The number of carbonyl (C=O) groups excluding carboxylic acids is 1. The van der Waals surface area contributed by atoms with Crippen LogP contribution in [0.4, 0.5) is 0 Å². The number of morpholine rings is 1. The van der Waals surface area contributed by atoms with E-state index in [-0.39, 0.29) is 17.9 Å². The lowest BCUT2D eigenvalue weighted by Crippen LogP contribution is -2.53. The number of carbonyl (C=O) groups is 1. The summed E-state index contributed by atoms with van der Waals surface area (Å²) in [5.41, 5.74) is 0.788. The molecule has 18 heavy (non-hydrogen) atoms. The normalized spacial score (nSPS) is 26.8. The van der Waals surface area contributed by atoms with Gasteiger partial charge in [0.15, 0.2) is 5.78 Å². The van der Waals surface area contributed by atoms with Crippen molar-refractivity contribution in [2.75, 3.05) is 13.2 Å². The standard InChI is InChI=1S/C15H21NO2/c1-11-10-18-12(2)9-16(11)13(3)15(17)14-7-5-4-6-8-14/h4-8,11-13H,9-10H2,1-3H3. The molecule has 1 heterocycles. The maximum absolute atomic E-state index is 12.4. The zero-order chi connectivity index (χ0) is 13.1. The van der Waals surface area contributed by atoms with Crippen molar-refractivity contribution in [1.29, 1.82) is 0 Å². The van der Waals surface area contributed by atoms with Crippen LogP contribution in [0.1, 0.15) is 31.1 Å². The van der Waals surface area contributed by atoms with Crippen molar-refractivity contribution in [3.63, 3.8) is 0 Å². The van der Waals surface area contributed by atoms with E-state index in [1.807, 2.05) is 37.3 Å². The van der Waals surface area contributed by atoms with E-state index in [9.17, 15) is 4.79 Å². The van der Waals surface area contributed by atoms with Crippen molar-refractivity contribution < 1.29 is 9.53 Å². The Morgan fingerprint density at radius 1 is 1.33 bits per heavy atom. The fraction of sp³-hybridized carbons (Fsp3) is 0.533. The molecule has 1 fully saturated rings. The highest BCUT2D eigenvalue weighted by Gasteiger charge is 2.31. The molecule has 3 atom stereocenters. The van der Waals surface area contributed by atoms with Gasteiger partial charge in [-0.15, -0.1) is 0 Å². The number of ether oxygens (including phenoxy) is 1. The van der Waals surface area contributed by atoms with Crippen molar-refractivity contribution in [2.45, 2.75) is 39.0 Å². The monoisotopic (exact) mass is 247 g/mol. The number of hydrogen-bond acceptors (Lipinski definition) is 3. The predicted octanol–water partition coefficient (Wildman–Crippen LogP) is 2.37. The first kappa shape index (κ1) is 13.2. The molecule has 0 saturated carbocycles. The first-order valence-corrected chi connectivity index (χ1v) is 6.56. The van der Waals surface area contributed by atoms with Crippen LogP contribution in [0.2, 0.25) is 0 Å². The Hall–Kier alpha value is -1.19. The molecule has 0 radical (unpaired) electrons. The van der Waals surface area contributed by atoms with Gasteiger partial charge < -0.3 is 4.74 Å². The van der Waals surface area contributed by atoms with Gasteiger partial charge >= 0.3 is 0 Å². The van der Waals surface area contributed by atoms with Gasteiger partial charge in [-0.05, 0) is 20.8 Å². The van der Waals surface area contributed by atoms with Crippen LogP contribution in [0, 0.1) is 0 Å². The second-order valence-electron chi connectivity index (χ2n) is 5.10. The average Bonchev–Trinajstić information content (AvgIpc) is 2.41. The number of benzene rings is 1. The lowest BCUT2D eigenvalue weighted by atomic mass is 10.0. The van der Waals surface area contributed by atoms with Crippen LogP contribution in [0.5, 0.6) is 0 Å². The lowest BCUT2D eigenvalue weighted by molar-refractivity contribution is -0.0585. The van der Waals surface area contributed by atoms with E-state index in [0.717, 1.165) is 12.1 Å². The van der Waals surface area contributed by atoms with E-state index in [4.69, 9.17) is 4.74 Å². The molecule has 1 aliphatic rings. The van der Waals surface area contributed by atoms with Gasteiger partial charge in [0.25, 0.3) is 0 Å². The van der Waals surface area contributed by atoms with Gasteiger partial charge in [0.1, 0.15) is 0 Å². The Bertz CT molecular complexity index is 404. The summed E-state index contributed by atoms with van der Waals surface area (Å²) in [5.74, 6) is 0.191. The molecule has 98 valence electrons. The van der Waals surface area contributed by atoms with Gasteiger partial charge in [-0.25, -0.2) is 0 Å². The van der Waals surface area contributed by atoms with Crippen LogP contribution < -0.4 is 0 Å². The molecule has 1 aliphatic heterocycles. The summed E-state index contributed by atoms with van der Waals surface area (Å²) in [6.45, 7) is 7.68. The van der Waals surface area contributed by atoms with Gasteiger partial charge in [-0.2, -0.15) is 0 Å². The van der Waals surface area contributed by atoms with Crippen LogP contribution in [0.3, 0.4) is 0 Å². The zero-order valence-corrected chi connectivity index (χ0v) is 11.3. The second kappa shape index (κ2) is 5.63. The fourth-order valence-corrected chi connectivity index (χ4v) is 2.46. The van der Waals surface area contributed by atoms with Crippen molar-refractivity contribution in [1.82, 2.24) is 4.90 Å². The summed E-state index contributed by atoms with van der Waals surface area (Å²) in [4.78, 5) is 14.7. The van der Waals surface area contributed by atoms with Crippen molar-refractivity contribution >= 4 is 5.78 Å². The maximum atomic E-state index is 12.4. The molecule has 2 rings (SSSR count). The third kappa shape index (κ3) is 2.79. The van der Waals surface area contributed by atoms with Crippen LogP contribution in [-0.4, -0.2) is 42.0 Å². The summed E-state index contributed by atoms with van der Waals surface area (Å²) >= 11 is 0. The molecule has 0 aliphatic carbocycles. The minimum Gasteiger partial charge on any atom is -0.376 e. The molecule has 3 unspecified atom stereocenters. The number of ketones is 1. The molecular weight excluding hydrogens is 226 g/mol.